The molecule has 0 atom stereocenters. The molecule has 0 aliphatic heterocycles. The van der Waals surface area contributed by atoms with Crippen molar-refractivity contribution in [3.05, 3.63) is 23.3 Å². The average Bonchev–Trinajstić information content (AvgIpc) is 2.36. The second-order valence-corrected chi connectivity index (χ2v) is 7.54. The maximum atomic E-state index is 12.5. The molecule has 1 aromatic rings. The lowest BCUT2D eigenvalue weighted by atomic mass is 9.90. The number of hydrogen-bond acceptors (Lipinski definition) is 3. The molecule has 1 aliphatic carbocycles. The van der Waals surface area contributed by atoms with Crippen LogP contribution in [0.15, 0.2) is 17.0 Å². The summed E-state index contributed by atoms with van der Waals surface area (Å²) in [7, 11) is -3.44. The van der Waals surface area contributed by atoms with E-state index in [0.717, 1.165) is 12.8 Å². The van der Waals surface area contributed by atoms with Crippen LogP contribution in [-0.2, 0) is 10.0 Å². The Hall–Kier alpha value is -1.07. The largest absolute Gasteiger partial charge is 0.399 e. The molecule has 20 heavy (non-hydrogen) atoms. The van der Waals surface area contributed by atoms with E-state index in [2.05, 4.69) is 4.72 Å². The van der Waals surface area contributed by atoms with Crippen LogP contribution in [0.3, 0.4) is 0 Å². The van der Waals surface area contributed by atoms with Crippen LogP contribution >= 0.6 is 0 Å². The lowest BCUT2D eigenvalue weighted by Gasteiger charge is -2.22. The normalized spacial score (nSPS) is 17.3. The zero-order chi connectivity index (χ0) is 14.8. The Morgan fingerprint density at radius 3 is 2.25 bits per heavy atom. The van der Waals surface area contributed by atoms with E-state index in [1.807, 2.05) is 0 Å². The second kappa shape index (κ2) is 6.14. The van der Waals surface area contributed by atoms with Gasteiger partial charge in [0.2, 0.25) is 10.0 Å². The summed E-state index contributed by atoms with van der Waals surface area (Å²) >= 11 is 0. The minimum absolute atomic E-state index is 0.377. The van der Waals surface area contributed by atoms with Gasteiger partial charge in [-0.15, -0.1) is 0 Å². The smallest absolute Gasteiger partial charge is 0.241 e. The van der Waals surface area contributed by atoms with Crippen molar-refractivity contribution < 1.29 is 8.42 Å². The first-order valence-electron chi connectivity index (χ1n) is 7.26. The minimum atomic E-state index is -3.44. The lowest BCUT2D eigenvalue weighted by Crippen LogP contribution is -2.31. The Bertz CT molecular complexity index is 553. The molecular formula is C15H24N2O2S. The molecule has 0 spiro atoms. The fourth-order valence-electron chi connectivity index (χ4n) is 3.10. The van der Waals surface area contributed by atoms with Gasteiger partial charge in [-0.25, -0.2) is 13.1 Å². The highest BCUT2D eigenvalue weighted by molar-refractivity contribution is 7.89. The molecule has 0 heterocycles. The summed E-state index contributed by atoms with van der Waals surface area (Å²) < 4.78 is 27.7. The third-order valence-electron chi connectivity index (χ3n) is 4.04. The zero-order valence-electron chi connectivity index (χ0n) is 12.3. The van der Waals surface area contributed by atoms with Crippen LogP contribution in [0.4, 0.5) is 5.69 Å². The van der Waals surface area contributed by atoms with Gasteiger partial charge in [0.15, 0.2) is 0 Å². The van der Waals surface area contributed by atoms with E-state index in [4.69, 9.17) is 5.73 Å². The van der Waals surface area contributed by atoms with Gasteiger partial charge in [-0.05, 0) is 55.9 Å². The fourth-order valence-corrected chi connectivity index (χ4v) is 4.66. The van der Waals surface area contributed by atoms with Crippen LogP contribution in [0.2, 0.25) is 0 Å². The third kappa shape index (κ3) is 3.52. The Balaban J connectivity index is 2.14. The van der Waals surface area contributed by atoms with Crippen LogP contribution in [-0.4, -0.2) is 15.0 Å². The second-order valence-electron chi connectivity index (χ2n) is 5.84. The molecule has 0 bridgehead atoms. The van der Waals surface area contributed by atoms with Crippen molar-refractivity contribution in [1.82, 2.24) is 4.72 Å². The molecule has 3 N–H and O–H groups in total. The van der Waals surface area contributed by atoms with Crippen LogP contribution < -0.4 is 10.5 Å². The predicted octanol–water partition coefficient (Wildman–Crippen LogP) is 2.74. The van der Waals surface area contributed by atoms with Crippen molar-refractivity contribution in [1.29, 1.82) is 0 Å². The number of nitrogens with two attached hydrogens (primary N) is 1. The van der Waals surface area contributed by atoms with Gasteiger partial charge in [-0.1, -0.05) is 19.3 Å². The highest BCUT2D eigenvalue weighted by Gasteiger charge is 2.22. The number of rotatable bonds is 4. The van der Waals surface area contributed by atoms with Crippen molar-refractivity contribution in [2.45, 2.75) is 50.8 Å². The van der Waals surface area contributed by atoms with E-state index < -0.39 is 10.0 Å². The number of anilines is 1. The summed E-state index contributed by atoms with van der Waals surface area (Å²) in [5.74, 6) is 0.480. The standard InChI is InChI=1S/C15H24N2O2S/c1-11-8-14(16)9-12(2)15(11)20(18,19)17-10-13-6-4-3-5-7-13/h8-9,13,17H,3-7,10,16H2,1-2H3. The highest BCUT2D eigenvalue weighted by atomic mass is 32.2. The molecule has 2 rings (SSSR count). The average molecular weight is 296 g/mol. The monoisotopic (exact) mass is 296 g/mol. The molecule has 1 aromatic carbocycles. The van der Waals surface area contributed by atoms with Gasteiger partial charge in [0.1, 0.15) is 0 Å². The van der Waals surface area contributed by atoms with Crippen LogP contribution in [0.5, 0.6) is 0 Å². The summed E-state index contributed by atoms with van der Waals surface area (Å²) in [6, 6.07) is 3.42. The molecule has 0 saturated heterocycles. The molecule has 1 aliphatic rings. The number of sulfonamides is 1. The molecule has 0 radical (unpaired) electrons. The van der Waals surface area contributed by atoms with Gasteiger partial charge < -0.3 is 5.73 Å². The molecule has 1 saturated carbocycles. The summed E-state index contributed by atoms with van der Waals surface area (Å²) in [5.41, 5.74) is 7.76. The number of nitrogen functional groups attached to an aromatic ring is 1. The van der Waals surface area contributed by atoms with Crippen molar-refractivity contribution in [2.75, 3.05) is 12.3 Å². The van der Waals surface area contributed by atoms with Gasteiger partial charge in [-0.2, -0.15) is 0 Å². The minimum Gasteiger partial charge on any atom is -0.399 e. The first-order chi connectivity index (χ1) is 9.40. The third-order valence-corrected chi connectivity index (χ3v) is 5.77. The Morgan fingerprint density at radius 1 is 1.15 bits per heavy atom. The van der Waals surface area contributed by atoms with Gasteiger partial charge in [0.25, 0.3) is 0 Å². The van der Waals surface area contributed by atoms with Crippen molar-refractivity contribution in [2.24, 2.45) is 5.92 Å². The molecule has 0 amide bonds. The molecule has 0 aromatic heterocycles. The van der Waals surface area contributed by atoms with Crippen LogP contribution in [0.25, 0.3) is 0 Å². The molecule has 112 valence electrons. The molecule has 0 unspecified atom stereocenters. The number of nitrogens with one attached hydrogen (secondary N) is 1. The van der Waals surface area contributed by atoms with Gasteiger partial charge in [-0.3, -0.25) is 0 Å². The Morgan fingerprint density at radius 2 is 1.70 bits per heavy atom. The summed E-state index contributed by atoms with van der Waals surface area (Å²) in [4.78, 5) is 0.377. The Kier molecular flexibility index (Phi) is 4.70. The molecule has 1 fully saturated rings. The molecule has 4 nitrogen and oxygen atoms in total. The van der Waals surface area contributed by atoms with Gasteiger partial charge in [0.05, 0.1) is 4.90 Å². The first-order valence-corrected chi connectivity index (χ1v) is 8.75. The Labute approximate surface area is 121 Å². The summed E-state index contributed by atoms with van der Waals surface area (Å²) in [6.07, 6.45) is 5.96. The fraction of sp³-hybridized carbons (Fsp3) is 0.600. The van der Waals surface area contributed by atoms with Crippen molar-refractivity contribution in [3.63, 3.8) is 0 Å². The number of aryl methyl sites for hydroxylation is 2. The first kappa shape index (κ1) is 15.3. The van der Waals surface area contributed by atoms with E-state index in [9.17, 15) is 8.42 Å². The maximum absolute atomic E-state index is 12.5. The highest BCUT2D eigenvalue weighted by Crippen LogP contribution is 2.25. The van der Waals surface area contributed by atoms with E-state index in [0.29, 0.717) is 34.2 Å². The maximum Gasteiger partial charge on any atom is 0.241 e. The van der Waals surface area contributed by atoms with E-state index in [-0.39, 0.29) is 0 Å². The summed E-state index contributed by atoms with van der Waals surface area (Å²) in [6.45, 7) is 4.13. The van der Waals surface area contributed by atoms with E-state index in [1.54, 1.807) is 26.0 Å². The SMILES string of the molecule is Cc1cc(N)cc(C)c1S(=O)(=O)NCC1CCCCC1. The van der Waals surface area contributed by atoms with Crippen molar-refractivity contribution in [3.8, 4) is 0 Å². The van der Waals surface area contributed by atoms with Gasteiger partial charge >= 0.3 is 0 Å². The number of benzene rings is 1. The quantitative estimate of drug-likeness (QED) is 0.839. The zero-order valence-corrected chi connectivity index (χ0v) is 13.1. The van der Waals surface area contributed by atoms with Crippen LogP contribution in [0.1, 0.15) is 43.2 Å². The van der Waals surface area contributed by atoms with Crippen molar-refractivity contribution >= 4 is 15.7 Å². The van der Waals surface area contributed by atoms with Gasteiger partial charge in [0, 0.05) is 12.2 Å². The lowest BCUT2D eigenvalue weighted by molar-refractivity contribution is 0.357. The molecule has 5 heteroatoms. The molecular weight excluding hydrogens is 272 g/mol. The number of hydrogen-bond donors (Lipinski definition) is 2. The van der Waals surface area contributed by atoms with E-state index >= 15 is 0 Å². The van der Waals surface area contributed by atoms with E-state index in [1.165, 1.54) is 19.3 Å². The predicted molar refractivity (Wildman–Crippen MR) is 82.1 cm³/mol. The summed E-state index contributed by atoms with van der Waals surface area (Å²) in [5, 5.41) is 0. The topological polar surface area (TPSA) is 72.2 Å². The van der Waals surface area contributed by atoms with Crippen LogP contribution in [0, 0.1) is 19.8 Å².